The number of benzene rings is 1. The van der Waals surface area contributed by atoms with Gasteiger partial charge in [-0.15, -0.1) is 0 Å². The van der Waals surface area contributed by atoms with Gasteiger partial charge < -0.3 is 5.32 Å². The minimum Gasteiger partial charge on any atom is -0.350 e. The molecule has 1 unspecified atom stereocenters. The lowest BCUT2D eigenvalue weighted by Gasteiger charge is -2.71. The third-order valence-electron chi connectivity index (χ3n) is 14.5. The molecule has 0 saturated heterocycles. The molecule has 1 N–H and O–H groups in total. The SMILES string of the molecule is CC(=O)NC(C)c1ccccc1.CC(=O)OOC(=O)[C@@]12CC[C@]3(C)[C@H](CC[C@@H]4[C@@]5(C)CCCC(C)(C)[C@@H]5CC[C@]43C)C1=C(C(C)C)C(=O)C2. The van der Waals surface area contributed by atoms with Crippen molar-refractivity contribution in [3.8, 4) is 0 Å². The van der Waals surface area contributed by atoms with E-state index in [1.54, 1.807) is 0 Å². The molecule has 49 heavy (non-hydrogen) atoms. The Morgan fingerprint density at radius 3 is 2.08 bits per heavy atom. The second kappa shape index (κ2) is 13.3. The molecule has 8 atom stereocenters. The molecule has 0 heterocycles. The summed E-state index contributed by atoms with van der Waals surface area (Å²) in [7, 11) is 0. The Balaban J connectivity index is 0.000000330. The van der Waals surface area contributed by atoms with E-state index in [0.717, 1.165) is 41.9 Å². The van der Waals surface area contributed by atoms with E-state index in [2.05, 4.69) is 53.8 Å². The van der Waals surface area contributed by atoms with Crippen LogP contribution in [-0.4, -0.2) is 23.6 Å². The Morgan fingerprint density at radius 1 is 0.796 bits per heavy atom. The van der Waals surface area contributed by atoms with Crippen LogP contribution in [0.5, 0.6) is 0 Å². The summed E-state index contributed by atoms with van der Waals surface area (Å²) in [5.41, 5.74) is 2.91. The zero-order chi connectivity index (χ0) is 36.2. The molecule has 270 valence electrons. The number of carbonyl (C=O) groups is 4. The van der Waals surface area contributed by atoms with Crippen LogP contribution in [0.25, 0.3) is 0 Å². The van der Waals surface area contributed by atoms with Gasteiger partial charge in [-0.25, -0.2) is 19.4 Å². The molecule has 0 bridgehead atoms. The van der Waals surface area contributed by atoms with Gasteiger partial charge in [-0.1, -0.05) is 85.2 Å². The van der Waals surface area contributed by atoms with Gasteiger partial charge in [0.2, 0.25) is 5.91 Å². The number of allylic oxidation sites excluding steroid dienone is 1. The predicted molar refractivity (Wildman–Crippen MR) is 191 cm³/mol. The lowest BCUT2D eigenvalue weighted by Crippen LogP contribution is -2.64. The number of ketones is 1. The number of amides is 1. The fourth-order valence-electron chi connectivity index (χ4n) is 12.3. The van der Waals surface area contributed by atoms with Crippen molar-refractivity contribution < 1.29 is 29.0 Å². The first-order valence-electron chi connectivity index (χ1n) is 18.8. The molecular weight excluding hydrogens is 614 g/mol. The van der Waals surface area contributed by atoms with Gasteiger partial charge in [0.15, 0.2) is 5.78 Å². The standard InChI is InChI=1S/C32H48O5.C10H13NO/c1-19(2)25-22(34)18-32(27(35)37-36-20(3)33)17-16-30(7)21(26(25)32)10-11-24-29(6)14-9-13-28(4,5)23(29)12-15-31(24,30)8;1-8(11-9(2)12)10-6-4-3-5-7-10/h19,21,23-24H,9-18H2,1-8H3;3-8H,1-2H3,(H,11,12)/t21-,23+,24-,29+,30-,31-,32-;/m1./s1. The Morgan fingerprint density at radius 2 is 1.47 bits per heavy atom. The minimum absolute atomic E-state index is 0.00588. The van der Waals surface area contributed by atoms with Crippen molar-refractivity contribution in [1.29, 1.82) is 0 Å². The van der Waals surface area contributed by atoms with Gasteiger partial charge in [0.1, 0.15) is 5.41 Å². The van der Waals surface area contributed by atoms with E-state index in [1.807, 2.05) is 37.3 Å². The van der Waals surface area contributed by atoms with E-state index in [1.165, 1.54) is 46.0 Å². The predicted octanol–water partition coefficient (Wildman–Crippen LogP) is 9.26. The Bertz CT molecular complexity index is 1500. The second-order valence-corrected chi connectivity index (χ2v) is 17.9. The molecule has 4 saturated carbocycles. The van der Waals surface area contributed by atoms with Crippen LogP contribution in [0.4, 0.5) is 0 Å². The van der Waals surface area contributed by atoms with Crippen LogP contribution in [0.1, 0.15) is 145 Å². The van der Waals surface area contributed by atoms with Gasteiger partial charge >= 0.3 is 11.9 Å². The maximum Gasteiger partial charge on any atom is 0.366 e. The van der Waals surface area contributed by atoms with Crippen molar-refractivity contribution in [2.75, 3.05) is 0 Å². The summed E-state index contributed by atoms with van der Waals surface area (Å²) >= 11 is 0. The Labute approximate surface area is 294 Å². The minimum atomic E-state index is -0.993. The summed E-state index contributed by atoms with van der Waals surface area (Å²) < 4.78 is 0. The smallest absolute Gasteiger partial charge is 0.350 e. The molecule has 1 aromatic carbocycles. The van der Waals surface area contributed by atoms with Gasteiger partial charge in [-0.3, -0.25) is 9.59 Å². The highest BCUT2D eigenvalue weighted by molar-refractivity contribution is 6.06. The Kier molecular flexibility index (Phi) is 10.1. The van der Waals surface area contributed by atoms with Crippen LogP contribution in [-0.2, 0) is 29.0 Å². The van der Waals surface area contributed by atoms with Gasteiger partial charge in [-0.2, -0.15) is 0 Å². The number of fused-ring (bicyclic) bond motifs is 7. The molecule has 7 heteroatoms. The number of rotatable bonds is 4. The molecule has 4 fully saturated rings. The van der Waals surface area contributed by atoms with Crippen LogP contribution < -0.4 is 5.32 Å². The van der Waals surface area contributed by atoms with Crippen molar-refractivity contribution in [3.05, 3.63) is 47.0 Å². The van der Waals surface area contributed by atoms with Crippen LogP contribution in [0, 0.1) is 50.7 Å². The molecule has 0 aromatic heterocycles. The van der Waals surface area contributed by atoms with E-state index >= 15 is 0 Å². The highest BCUT2D eigenvalue weighted by atomic mass is 17.2. The molecule has 7 nitrogen and oxygen atoms in total. The first-order chi connectivity index (χ1) is 22.8. The molecule has 1 amide bonds. The number of Topliss-reactive ketones (excluding diaryl/α,β-unsaturated/α-hetero) is 1. The van der Waals surface area contributed by atoms with Crippen LogP contribution >= 0.6 is 0 Å². The molecule has 0 radical (unpaired) electrons. The van der Waals surface area contributed by atoms with Crippen molar-refractivity contribution >= 4 is 23.6 Å². The molecule has 1 aromatic rings. The second-order valence-electron chi connectivity index (χ2n) is 17.9. The molecule has 0 spiro atoms. The van der Waals surface area contributed by atoms with Crippen molar-refractivity contribution in [2.45, 2.75) is 139 Å². The van der Waals surface area contributed by atoms with Crippen LogP contribution in [0.2, 0.25) is 0 Å². The lowest BCUT2D eigenvalue weighted by molar-refractivity contribution is -0.267. The highest BCUT2D eigenvalue weighted by Crippen LogP contribution is 2.76. The largest absolute Gasteiger partial charge is 0.366 e. The molecule has 5 aliphatic rings. The van der Waals surface area contributed by atoms with Gasteiger partial charge in [0.25, 0.3) is 0 Å². The number of hydrogen-bond donors (Lipinski definition) is 1. The summed E-state index contributed by atoms with van der Waals surface area (Å²) in [6.45, 7) is 21.5. The summed E-state index contributed by atoms with van der Waals surface area (Å²) in [5.74, 6) is 0.502. The van der Waals surface area contributed by atoms with E-state index in [9.17, 15) is 19.2 Å². The average Bonchev–Trinajstić information content (AvgIpc) is 3.33. The monoisotopic (exact) mass is 675 g/mol. The maximum absolute atomic E-state index is 13.6. The third-order valence-corrected chi connectivity index (χ3v) is 14.5. The van der Waals surface area contributed by atoms with E-state index in [-0.39, 0.29) is 46.8 Å². The molecule has 0 aliphatic heterocycles. The quantitative estimate of drug-likeness (QED) is 0.252. The van der Waals surface area contributed by atoms with Gasteiger partial charge in [-0.05, 0) is 120 Å². The van der Waals surface area contributed by atoms with E-state index in [4.69, 9.17) is 9.78 Å². The number of hydrogen-bond acceptors (Lipinski definition) is 6. The first-order valence-corrected chi connectivity index (χ1v) is 18.8. The van der Waals surface area contributed by atoms with Crippen LogP contribution in [0.3, 0.4) is 0 Å². The number of carbonyl (C=O) groups excluding carboxylic acids is 4. The average molecular weight is 676 g/mol. The summed E-state index contributed by atoms with van der Waals surface area (Å²) in [5, 5.41) is 2.82. The van der Waals surface area contributed by atoms with E-state index in [0.29, 0.717) is 23.2 Å². The summed E-state index contributed by atoms with van der Waals surface area (Å²) in [4.78, 5) is 59.1. The Hall–Kier alpha value is -2.96. The maximum atomic E-state index is 13.6. The van der Waals surface area contributed by atoms with Crippen LogP contribution in [0.15, 0.2) is 41.5 Å². The highest BCUT2D eigenvalue weighted by Gasteiger charge is 2.70. The van der Waals surface area contributed by atoms with Gasteiger partial charge in [0, 0.05) is 20.3 Å². The molecular formula is C42H61NO6. The van der Waals surface area contributed by atoms with Crippen molar-refractivity contribution in [1.82, 2.24) is 5.32 Å². The first kappa shape index (κ1) is 37.3. The zero-order valence-electron chi connectivity index (χ0n) is 31.8. The van der Waals surface area contributed by atoms with Crippen molar-refractivity contribution in [2.24, 2.45) is 50.7 Å². The molecule has 5 aliphatic carbocycles. The fraction of sp³-hybridized carbons (Fsp3) is 0.714. The zero-order valence-corrected chi connectivity index (χ0v) is 31.8. The molecule has 6 rings (SSSR count). The van der Waals surface area contributed by atoms with E-state index < -0.39 is 17.4 Å². The fourth-order valence-corrected chi connectivity index (χ4v) is 12.3. The summed E-state index contributed by atoms with van der Waals surface area (Å²) in [6.07, 6.45) is 10.3. The number of nitrogens with one attached hydrogen (secondary N) is 1. The third kappa shape index (κ3) is 6.20. The summed E-state index contributed by atoms with van der Waals surface area (Å²) in [6, 6.07) is 10.00. The lowest BCUT2D eigenvalue weighted by atomic mass is 9.33. The van der Waals surface area contributed by atoms with Gasteiger partial charge in [0.05, 0.1) is 6.04 Å². The van der Waals surface area contributed by atoms with Crippen molar-refractivity contribution in [3.63, 3.8) is 0 Å². The topological polar surface area (TPSA) is 98.8 Å². The normalized spacial score (nSPS) is 36.6.